The van der Waals surface area contributed by atoms with Gasteiger partial charge in [-0.3, -0.25) is 14.4 Å². The third kappa shape index (κ3) is 5.81. The number of benzene rings is 2. The molecule has 0 saturated heterocycles. The molecule has 0 unspecified atom stereocenters. The van der Waals surface area contributed by atoms with Gasteiger partial charge in [0.2, 0.25) is 0 Å². The Balaban J connectivity index is 1.67. The summed E-state index contributed by atoms with van der Waals surface area (Å²) in [6.45, 7) is 9.00. The van der Waals surface area contributed by atoms with Gasteiger partial charge in [-0.15, -0.1) is 0 Å². The zero-order chi connectivity index (χ0) is 29.5. The van der Waals surface area contributed by atoms with E-state index in [-0.39, 0.29) is 29.0 Å². The molecular formula is C34H40N2O5. The van der Waals surface area contributed by atoms with Crippen LogP contribution < -0.4 is 15.2 Å². The third-order valence-electron chi connectivity index (χ3n) is 8.38. The van der Waals surface area contributed by atoms with Gasteiger partial charge < -0.3 is 20.1 Å². The summed E-state index contributed by atoms with van der Waals surface area (Å²) in [5, 5.41) is 0. The number of Topliss-reactive ketones (excluding diaryl/α,β-unsaturated/α-hetero) is 2. The highest BCUT2D eigenvalue weighted by Crippen LogP contribution is 2.55. The number of carbonyl (C=O) groups excluding carboxylic acids is 3. The third-order valence-corrected chi connectivity index (χ3v) is 8.38. The van der Waals surface area contributed by atoms with Crippen molar-refractivity contribution >= 4 is 17.5 Å². The van der Waals surface area contributed by atoms with E-state index in [1.54, 1.807) is 6.07 Å². The van der Waals surface area contributed by atoms with Gasteiger partial charge in [-0.05, 0) is 53.4 Å². The second-order valence-electron chi connectivity index (χ2n) is 13.1. The number of allylic oxidation sites excluding steroid dienone is 4. The van der Waals surface area contributed by atoms with Crippen LogP contribution >= 0.6 is 0 Å². The first-order valence-corrected chi connectivity index (χ1v) is 14.3. The monoisotopic (exact) mass is 556 g/mol. The Hall–Kier alpha value is -3.87. The van der Waals surface area contributed by atoms with Gasteiger partial charge in [0.25, 0.3) is 5.91 Å². The fourth-order valence-electron chi connectivity index (χ4n) is 6.67. The summed E-state index contributed by atoms with van der Waals surface area (Å²) in [6, 6.07) is 15.8. The fourth-order valence-corrected chi connectivity index (χ4v) is 6.67. The Morgan fingerprint density at radius 2 is 1.46 bits per heavy atom. The van der Waals surface area contributed by atoms with Gasteiger partial charge >= 0.3 is 0 Å². The zero-order valence-corrected chi connectivity index (χ0v) is 24.7. The first kappa shape index (κ1) is 28.7. The van der Waals surface area contributed by atoms with Crippen molar-refractivity contribution in [2.45, 2.75) is 65.7 Å². The lowest BCUT2D eigenvalue weighted by Crippen LogP contribution is -2.45. The van der Waals surface area contributed by atoms with Crippen LogP contribution in [0.5, 0.6) is 11.5 Å². The maximum Gasteiger partial charge on any atom is 0.255 e. The number of hydrogen-bond acceptors (Lipinski definition) is 6. The average molecular weight is 557 g/mol. The molecule has 1 aliphatic heterocycles. The molecule has 2 aliphatic carbocycles. The highest BCUT2D eigenvalue weighted by Gasteiger charge is 2.49. The van der Waals surface area contributed by atoms with Gasteiger partial charge in [0.05, 0.1) is 7.11 Å². The number of primary amides is 1. The zero-order valence-electron chi connectivity index (χ0n) is 24.7. The van der Waals surface area contributed by atoms with Crippen molar-refractivity contribution < 1.29 is 23.9 Å². The van der Waals surface area contributed by atoms with Crippen molar-refractivity contribution in [1.29, 1.82) is 0 Å². The minimum Gasteiger partial charge on any atom is -0.493 e. The first-order chi connectivity index (χ1) is 19.4. The molecule has 5 rings (SSSR count). The highest BCUT2D eigenvalue weighted by molar-refractivity contribution is 6.06. The number of hydrogen-bond donors (Lipinski definition) is 1. The molecule has 1 amide bonds. The van der Waals surface area contributed by atoms with Gasteiger partial charge in [-0.2, -0.15) is 0 Å². The second kappa shape index (κ2) is 10.8. The van der Waals surface area contributed by atoms with E-state index in [0.717, 1.165) is 47.4 Å². The molecule has 0 radical (unpaired) electrons. The molecule has 2 N–H and O–H groups in total. The molecule has 0 spiro atoms. The van der Waals surface area contributed by atoms with Gasteiger partial charge in [-0.25, -0.2) is 0 Å². The molecule has 1 heterocycles. The number of nitrogens with two attached hydrogens (primary N) is 1. The smallest absolute Gasteiger partial charge is 0.255 e. The number of carbonyl (C=O) groups is 3. The highest BCUT2D eigenvalue weighted by atomic mass is 16.5. The summed E-state index contributed by atoms with van der Waals surface area (Å²) >= 11 is 0. The summed E-state index contributed by atoms with van der Waals surface area (Å²) in [6.07, 6.45) is 3.16. The van der Waals surface area contributed by atoms with Crippen LogP contribution in [0.4, 0.5) is 0 Å². The predicted octanol–water partition coefficient (Wildman–Crippen LogP) is 5.49. The molecule has 0 bridgehead atoms. The number of ketones is 2. The number of amides is 1. The van der Waals surface area contributed by atoms with Crippen molar-refractivity contribution in [3.63, 3.8) is 0 Å². The summed E-state index contributed by atoms with van der Waals surface area (Å²) < 4.78 is 11.2. The average Bonchev–Trinajstić information content (AvgIpc) is 2.89. The largest absolute Gasteiger partial charge is 0.493 e. The van der Waals surface area contributed by atoms with Crippen molar-refractivity contribution in [3.8, 4) is 11.5 Å². The SMILES string of the molecule is COc1cc(C2C3=C(CC(C)(C)CC3=O)N(CCc3ccccc3)C3=C2C(=O)CC(C)(C)C3)ccc1OCC(N)=O. The predicted molar refractivity (Wildman–Crippen MR) is 157 cm³/mol. The van der Waals surface area contributed by atoms with Gasteiger partial charge in [0.15, 0.2) is 29.7 Å². The fraction of sp³-hybridized carbons (Fsp3) is 0.441. The van der Waals surface area contributed by atoms with Gasteiger partial charge in [-0.1, -0.05) is 64.1 Å². The van der Waals surface area contributed by atoms with Crippen LogP contribution in [0.25, 0.3) is 0 Å². The summed E-state index contributed by atoms with van der Waals surface area (Å²) in [4.78, 5) is 41.7. The molecule has 0 saturated carbocycles. The van der Waals surface area contributed by atoms with Crippen LogP contribution in [0, 0.1) is 10.8 Å². The molecule has 0 aromatic heterocycles. The van der Waals surface area contributed by atoms with Crippen LogP contribution in [0.1, 0.15) is 70.4 Å². The lowest BCUT2D eigenvalue weighted by molar-refractivity contribution is -0.121. The van der Waals surface area contributed by atoms with Crippen molar-refractivity contribution in [2.75, 3.05) is 20.3 Å². The van der Waals surface area contributed by atoms with E-state index >= 15 is 0 Å². The molecule has 2 aromatic carbocycles. The molecule has 2 aromatic rings. The van der Waals surface area contributed by atoms with E-state index in [1.807, 2.05) is 30.3 Å². The van der Waals surface area contributed by atoms with Crippen molar-refractivity contribution in [1.82, 2.24) is 4.90 Å². The molecule has 216 valence electrons. The van der Waals surface area contributed by atoms with Crippen molar-refractivity contribution in [3.05, 3.63) is 82.2 Å². The summed E-state index contributed by atoms with van der Waals surface area (Å²) in [5.74, 6) is -0.0993. The van der Waals surface area contributed by atoms with E-state index in [4.69, 9.17) is 15.2 Å². The number of methoxy groups -OCH3 is 1. The molecule has 7 heteroatoms. The lowest BCUT2D eigenvalue weighted by Gasteiger charge is -2.49. The maximum atomic E-state index is 14.0. The second-order valence-corrected chi connectivity index (χ2v) is 13.1. The van der Waals surface area contributed by atoms with Crippen LogP contribution in [0.15, 0.2) is 71.1 Å². The van der Waals surface area contributed by atoms with Crippen LogP contribution in [0.2, 0.25) is 0 Å². The van der Waals surface area contributed by atoms with Gasteiger partial charge in [0, 0.05) is 47.8 Å². The number of rotatable bonds is 8. The van der Waals surface area contributed by atoms with Crippen LogP contribution in [-0.4, -0.2) is 42.6 Å². The summed E-state index contributed by atoms with van der Waals surface area (Å²) in [5.41, 5.74) is 10.4. The number of ether oxygens (including phenoxy) is 2. The van der Waals surface area contributed by atoms with Crippen molar-refractivity contribution in [2.24, 2.45) is 16.6 Å². The molecule has 0 atom stereocenters. The topological polar surface area (TPSA) is 98.9 Å². The summed E-state index contributed by atoms with van der Waals surface area (Å²) in [7, 11) is 1.53. The Labute approximate surface area is 242 Å². The Kier molecular flexibility index (Phi) is 7.58. The normalized spacial score (nSPS) is 20.1. The first-order valence-electron chi connectivity index (χ1n) is 14.3. The molecule has 7 nitrogen and oxygen atoms in total. The van der Waals surface area contributed by atoms with E-state index < -0.39 is 11.8 Å². The maximum absolute atomic E-state index is 14.0. The lowest BCUT2D eigenvalue weighted by atomic mass is 9.63. The van der Waals surface area contributed by atoms with E-state index in [1.165, 1.54) is 12.7 Å². The minimum atomic E-state index is -0.588. The van der Waals surface area contributed by atoms with Crippen LogP contribution in [0.3, 0.4) is 0 Å². The molecular weight excluding hydrogens is 516 g/mol. The Bertz CT molecular complexity index is 1400. The van der Waals surface area contributed by atoms with E-state index in [9.17, 15) is 14.4 Å². The Morgan fingerprint density at radius 1 is 0.878 bits per heavy atom. The minimum absolute atomic E-state index is 0.0863. The van der Waals surface area contributed by atoms with Crippen LogP contribution in [-0.2, 0) is 20.8 Å². The number of nitrogens with zero attached hydrogens (tertiary/aromatic N) is 1. The van der Waals surface area contributed by atoms with E-state index in [0.29, 0.717) is 30.9 Å². The Morgan fingerprint density at radius 3 is 2.00 bits per heavy atom. The van der Waals surface area contributed by atoms with E-state index in [2.05, 4.69) is 44.7 Å². The molecule has 41 heavy (non-hydrogen) atoms. The van der Waals surface area contributed by atoms with Gasteiger partial charge in [0.1, 0.15) is 0 Å². The standard InChI is InChI=1S/C34H40N2O5/c1-33(2)16-23-31(25(37)18-33)30(22-11-12-27(28(15-22)40-5)41-20-29(35)39)32-24(17-34(3,4)19-26(32)38)36(23)14-13-21-9-7-6-8-10-21/h6-12,15,30H,13-14,16-20H2,1-5H3,(H2,35,39). The molecule has 3 aliphatic rings. The quantitative estimate of drug-likeness (QED) is 0.462. The molecule has 0 fully saturated rings.